The predicted molar refractivity (Wildman–Crippen MR) is 95.0 cm³/mol. The number of pyridine rings is 1. The molecule has 0 aliphatic rings. The number of carbonyl (C=O) groups is 1. The summed E-state index contributed by atoms with van der Waals surface area (Å²) in [5.41, 5.74) is 0.442. The summed E-state index contributed by atoms with van der Waals surface area (Å²) in [6.07, 6.45) is 4.00. The van der Waals surface area contributed by atoms with Crippen molar-refractivity contribution in [3.63, 3.8) is 0 Å². The molecule has 10 heteroatoms. The highest BCUT2D eigenvalue weighted by Crippen LogP contribution is 2.23. The van der Waals surface area contributed by atoms with Crippen molar-refractivity contribution in [2.24, 2.45) is 0 Å². The number of carbonyl (C=O) groups excluding carboxylic acids is 1. The fourth-order valence-corrected chi connectivity index (χ4v) is 3.38. The predicted octanol–water partition coefficient (Wildman–Crippen LogP) is 2.23. The zero-order chi connectivity index (χ0) is 19.3. The van der Waals surface area contributed by atoms with Gasteiger partial charge in [0.1, 0.15) is 5.76 Å². The number of hydrogen-bond acceptors (Lipinski definition) is 7. The summed E-state index contributed by atoms with van der Waals surface area (Å²) in [7, 11) is -2.27. The van der Waals surface area contributed by atoms with Gasteiger partial charge in [0.05, 0.1) is 29.6 Å². The number of oxazole rings is 1. The third-order valence-electron chi connectivity index (χ3n) is 3.56. The minimum absolute atomic E-state index is 0.0498. The molecule has 1 aromatic carbocycles. The van der Waals surface area contributed by atoms with Crippen LogP contribution in [0.15, 0.2) is 69.4 Å². The van der Waals surface area contributed by atoms with Gasteiger partial charge in [0, 0.05) is 18.0 Å². The Balaban J connectivity index is 1.65. The molecule has 0 aliphatic carbocycles. The molecule has 0 aliphatic heterocycles. The number of nitrogens with one attached hydrogen (secondary N) is 2. The van der Waals surface area contributed by atoms with Crippen LogP contribution in [0, 0.1) is 0 Å². The van der Waals surface area contributed by atoms with Crippen molar-refractivity contribution in [1.29, 1.82) is 0 Å². The molecule has 0 fully saturated rings. The van der Waals surface area contributed by atoms with Crippen molar-refractivity contribution < 1.29 is 22.4 Å². The minimum atomic E-state index is -3.71. The molecule has 27 heavy (non-hydrogen) atoms. The van der Waals surface area contributed by atoms with Crippen molar-refractivity contribution in [1.82, 2.24) is 15.3 Å². The first-order valence-electron chi connectivity index (χ1n) is 7.76. The van der Waals surface area contributed by atoms with Crippen LogP contribution in [0.4, 0.5) is 10.5 Å². The van der Waals surface area contributed by atoms with Crippen molar-refractivity contribution in [2.75, 3.05) is 12.4 Å². The van der Waals surface area contributed by atoms with Crippen molar-refractivity contribution >= 4 is 21.6 Å². The maximum Gasteiger partial charge on any atom is 0.319 e. The summed E-state index contributed by atoms with van der Waals surface area (Å²) >= 11 is 0. The second-order valence-electron chi connectivity index (χ2n) is 5.34. The van der Waals surface area contributed by atoms with Gasteiger partial charge in [0.25, 0.3) is 0 Å². The van der Waals surface area contributed by atoms with Crippen LogP contribution < -0.4 is 15.4 Å². The first kappa shape index (κ1) is 18.4. The minimum Gasteiger partial charge on any atom is -0.481 e. The van der Waals surface area contributed by atoms with Gasteiger partial charge in [-0.2, -0.15) is 0 Å². The third kappa shape index (κ3) is 4.42. The highest BCUT2D eigenvalue weighted by molar-refractivity contribution is 7.91. The number of methoxy groups -OCH3 is 1. The highest BCUT2D eigenvalue weighted by atomic mass is 32.2. The number of aromatic nitrogens is 2. The molecule has 2 heterocycles. The number of nitrogens with zero attached hydrogens (tertiary/aromatic N) is 2. The van der Waals surface area contributed by atoms with Gasteiger partial charge in [-0.3, -0.25) is 0 Å². The van der Waals surface area contributed by atoms with Crippen molar-refractivity contribution in [2.45, 2.75) is 16.3 Å². The lowest BCUT2D eigenvalue weighted by Crippen LogP contribution is -2.27. The number of anilines is 1. The summed E-state index contributed by atoms with van der Waals surface area (Å²) in [5.74, 6) is 0.838. The molecule has 0 spiro atoms. The summed E-state index contributed by atoms with van der Waals surface area (Å²) in [6, 6.07) is 8.25. The van der Waals surface area contributed by atoms with E-state index in [1.165, 1.54) is 62.3 Å². The summed E-state index contributed by atoms with van der Waals surface area (Å²) in [4.78, 5) is 19.6. The number of hydrogen-bond donors (Lipinski definition) is 2. The number of ether oxygens (including phenoxy) is 1. The topological polar surface area (TPSA) is 123 Å². The molecule has 3 rings (SSSR count). The summed E-state index contributed by atoms with van der Waals surface area (Å²) < 4.78 is 35.1. The Morgan fingerprint density at radius 3 is 2.44 bits per heavy atom. The van der Waals surface area contributed by atoms with E-state index in [1.54, 1.807) is 0 Å². The van der Waals surface area contributed by atoms with Crippen molar-refractivity contribution in [3.05, 3.63) is 60.9 Å². The van der Waals surface area contributed by atoms with Gasteiger partial charge in [0.2, 0.25) is 15.7 Å². The second kappa shape index (κ2) is 7.87. The highest BCUT2D eigenvalue weighted by Gasteiger charge is 2.18. The second-order valence-corrected chi connectivity index (χ2v) is 7.29. The molecule has 0 saturated carbocycles. The monoisotopic (exact) mass is 388 g/mol. The lowest BCUT2D eigenvalue weighted by Gasteiger charge is -2.08. The normalized spacial score (nSPS) is 11.0. The molecule has 140 valence electrons. The molecule has 0 saturated heterocycles. The van der Waals surface area contributed by atoms with Gasteiger partial charge >= 0.3 is 6.03 Å². The van der Waals surface area contributed by atoms with Gasteiger partial charge in [-0.25, -0.2) is 23.2 Å². The Hall–Kier alpha value is -3.40. The van der Waals surface area contributed by atoms with E-state index in [0.717, 1.165) is 0 Å². The molecule has 2 aromatic heterocycles. The zero-order valence-corrected chi connectivity index (χ0v) is 15.1. The summed E-state index contributed by atoms with van der Waals surface area (Å²) in [6.45, 7) is 0.183. The third-order valence-corrected chi connectivity index (χ3v) is 5.31. The maximum absolute atomic E-state index is 12.6. The van der Waals surface area contributed by atoms with E-state index in [1.807, 2.05) is 0 Å². The molecule has 2 amide bonds. The van der Waals surface area contributed by atoms with E-state index in [9.17, 15) is 13.2 Å². The fraction of sp³-hybridized carbons (Fsp3) is 0.118. The summed E-state index contributed by atoms with van der Waals surface area (Å²) in [5, 5.41) is 5.19. The van der Waals surface area contributed by atoms with Crippen LogP contribution in [0.2, 0.25) is 0 Å². The molecule has 3 aromatic rings. The van der Waals surface area contributed by atoms with E-state index in [0.29, 0.717) is 17.3 Å². The number of rotatable bonds is 6. The lowest BCUT2D eigenvalue weighted by atomic mass is 10.3. The Kier molecular flexibility index (Phi) is 5.36. The molecule has 2 N–H and O–H groups in total. The van der Waals surface area contributed by atoms with Crippen LogP contribution >= 0.6 is 0 Å². The standard InChI is InChI=1S/C17H16N4O5S/c1-25-16-7-6-15(10-19-16)27(23,24)14-4-2-12(3-5-14)21-17(22)20-9-13-8-18-11-26-13/h2-8,10-11H,9H2,1H3,(H2,20,21,22). The molecule has 0 radical (unpaired) electrons. The first-order chi connectivity index (χ1) is 13.0. The van der Waals surface area contributed by atoms with Crippen LogP contribution in [0.1, 0.15) is 5.76 Å². The quantitative estimate of drug-likeness (QED) is 0.663. The zero-order valence-electron chi connectivity index (χ0n) is 14.2. The van der Waals surface area contributed by atoms with E-state index >= 15 is 0 Å². The van der Waals surface area contributed by atoms with Gasteiger partial charge in [-0.1, -0.05) is 0 Å². The van der Waals surface area contributed by atoms with Gasteiger partial charge in [-0.05, 0) is 30.3 Å². The molecule has 0 bridgehead atoms. The van der Waals surface area contributed by atoms with Gasteiger partial charge in [0.15, 0.2) is 6.39 Å². The lowest BCUT2D eigenvalue weighted by molar-refractivity contribution is 0.251. The number of amides is 2. The van der Waals surface area contributed by atoms with Gasteiger partial charge in [-0.15, -0.1) is 0 Å². The van der Waals surface area contributed by atoms with Crippen LogP contribution in [0.3, 0.4) is 0 Å². The Morgan fingerprint density at radius 1 is 1.11 bits per heavy atom. The Bertz CT molecular complexity index is 1000. The Labute approximate surface area is 155 Å². The van der Waals surface area contributed by atoms with E-state index in [4.69, 9.17) is 9.15 Å². The largest absolute Gasteiger partial charge is 0.481 e. The smallest absolute Gasteiger partial charge is 0.319 e. The van der Waals surface area contributed by atoms with Crippen LogP contribution in [0.25, 0.3) is 0 Å². The SMILES string of the molecule is COc1ccc(S(=O)(=O)c2ccc(NC(=O)NCc3cnco3)cc2)cn1. The van der Waals surface area contributed by atoms with Crippen molar-refractivity contribution in [3.8, 4) is 5.88 Å². The van der Waals surface area contributed by atoms with Gasteiger partial charge < -0.3 is 19.8 Å². The van der Waals surface area contributed by atoms with Crippen LogP contribution in [0.5, 0.6) is 5.88 Å². The Morgan fingerprint density at radius 2 is 1.85 bits per heavy atom. The average molecular weight is 388 g/mol. The molecule has 0 atom stereocenters. The molecule has 9 nitrogen and oxygen atoms in total. The maximum atomic E-state index is 12.6. The van der Waals surface area contributed by atoms with E-state index in [2.05, 4.69) is 20.6 Å². The number of benzene rings is 1. The molecular formula is C17H16N4O5S. The average Bonchev–Trinajstić information content (AvgIpc) is 3.20. The molecule has 0 unspecified atom stereocenters. The molecular weight excluding hydrogens is 372 g/mol. The first-order valence-corrected chi connectivity index (χ1v) is 9.25. The number of urea groups is 1. The van der Waals surface area contributed by atoms with E-state index < -0.39 is 15.9 Å². The number of sulfone groups is 1. The van der Waals surface area contributed by atoms with Crippen LogP contribution in [-0.2, 0) is 16.4 Å². The van der Waals surface area contributed by atoms with Crippen LogP contribution in [-0.4, -0.2) is 31.5 Å². The fourth-order valence-electron chi connectivity index (χ4n) is 2.17. The van der Waals surface area contributed by atoms with E-state index in [-0.39, 0.29) is 16.3 Å².